The summed E-state index contributed by atoms with van der Waals surface area (Å²) in [6.45, 7) is 5.71. The number of carbonyl (C=O) groups excluding carboxylic acids is 3. The molecule has 1 unspecified atom stereocenters. The van der Waals surface area contributed by atoms with Crippen LogP contribution in [0.15, 0.2) is 18.2 Å². The van der Waals surface area contributed by atoms with Gasteiger partial charge in [0, 0.05) is 75.9 Å². The van der Waals surface area contributed by atoms with Crippen LogP contribution in [0.2, 0.25) is 0 Å². The molecule has 3 amide bonds. The molecule has 0 radical (unpaired) electrons. The molecule has 5 aliphatic rings. The van der Waals surface area contributed by atoms with Crippen molar-refractivity contribution in [2.24, 2.45) is 11.7 Å². The third-order valence-electron chi connectivity index (χ3n) is 9.97. The maximum atomic E-state index is 13.1. The number of piperidine rings is 4. The molecule has 6 rings (SSSR count). The molecule has 13 heteroatoms. The van der Waals surface area contributed by atoms with Gasteiger partial charge in [-0.2, -0.15) is 17.0 Å². The molecule has 1 aromatic carbocycles. The van der Waals surface area contributed by atoms with E-state index in [4.69, 9.17) is 10.5 Å². The molecule has 244 valence electrons. The van der Waals surface area contributed by atoms with Gasteiger partial charge in [0.2, 0.25) is 11.8 Å². The number of nitrogens with zero attached hydrogens (tertiary/aromatic N) is 4. The Bertz CT molecular complexity index is 1450. The van der Waals surface area contributed by atoms with E-state index in [0.29, 0.717) is 57.2 Å². The fourth-order valence-electron chi connectivity index (χ4n) is 7.21. The number of fused-ring (bicyclic) bond motifs is 1. The first kappa shape index (κ1) is 32.1. The topological polar surface area (TPSA) is 146 Å². The Kier molecular flexibility index (Phi) is 9.89. The molecule has 0 aliphatic carbocycles. The minimum atomic E-state index is -3.39. The van der Waals surface area contributed by atoms with Crippen LogP contribution < -0.4 is 11.1 Å². The Morgan fingerprint density at radius 2 is 1.60 bits per heavy atom. The maximum Gasteiger partial charge on any atom is 0.281 e. The lowest BCUT2D eigenvalue weighted by Crippen LogP contribution is -2.52. The zero-order valence-electron chi connectivity index (χ0n) is 25.8. The lowest BCUT2D eigenvalue weighted by Gasteiger charge is -2.39. The van der Waals surface area contributed by atoms with E-state index >= 15 is 0 Å². The number of nitrogens with two attached hydrogens (primary N) is 1. The number of benzene rings is 1. The minimum absolute atomic E-state index is 0.106. The number of ether oxygens (including phenoxy) is 1. The van der Waals surface area contributed by atoms with Crippen molar-refractivity contribution in [3.63, 3.8) is 0 Å². The van der Waals surface area contributed by atoms with Crippen LogP contribution >= 0.6 is 0 Å². The molecule has 5 heterocycles. The number of imide groups is 1. The minimum Gasteiger partial charge on any atom is -0.365 e. The molecule has 5 aliphatic heterocycles. The third-order valence-corrected chi connectivity index (χ3v) is 12.0. The van der Waals surface area contributed by atoms with Gasteiger partial charge in [0.25, 0.3) is 16.1 Å². The molecule has 1 aromatic rings. The van der Waals surface area contributed by atoms with Crippen LogP contribution in [-0.4, -0.2) is 115 Å². The van der Waals surface area contributed by atoms with Crippen LogP contribution in [0.5, 0.6) is 0 Å². The number of hydrogen-bond acceptors (Lipinski definition) is 8. The lowest BCUT2D eigenvalue weighted by atomic mass is 9.96. The van der Waals surface area contributed by atoms with Crippen LogP contribution in [-0.2, 0) is 31.1 Å². The second kappa shape index (κ2) is 13.9. The first-order valence-corrected chi connectivity index (χ1v) is 17.7. The number of nitrogens with one attached hydrogen (secondary N) is 1. The van der Waals surface area contributed by atoms with Crippen molar-refractivity contribution in [1.82, 2.24) is 23.7 Å². The van der Waals surface area contributed by atoms with Gasteiger partial charge in [-0.3, -0.25) is 19.7 Å². The fraction of sp³-hybridized carbons (Fsp3) is 0.656. The first-order chi connectivity index (χ1) is 21.7. The van der Waals surface area contributed by atoms with Gasteiger partial charge in [0.05, 0.1) is 6.10 Å². The predicted octanol–water partition coefficient (Wildman–Crippen LogP) is 0.660. The van der Waals surface area contributed by atoms with Gasteiger partial charge >= 0.3 is 0 Å². The van der Waals surface area contributed by atoms with Crippen molar-refractivity contribution in [1.29, 1.82) is 0 Å². The maximum absolute atomic E-state index is 13.1. The summed E-state index contributed by atoms with van der Waals surface area (Å²) in [5, 5.41) is 2.34. The Labute approximate surface area is 265 Å². The summed E-state index contributed by atoms with van der Waals surface area (Å²) >= 11 is 0. The van der Waals surface area contributed by atoms with Gasteiger partial charge in [-0.25, -0.2) is 0 Å². The van der Waals surface area contributed by atoms with E-state index in [1.165, 1.54) is 0 Å². The van der Waals surface area contributed by atoms with Crippen LogP contribution in [0, 0.1) is 17.8 Å². The first-order valence-electron chi connectivity index (χ1n) is 16.3. The summed E-state index contributed by atoms with van der Waals surface area (Å²) < 4.78 is 35.5. The van der Waals surface area contributed by atoms with E-state index in [1.807, 2.05) is 6.07 Å². The van der Waals surface area contributed by atoms with E-state index in [2.05, 4.69) is 22.1 Å². The summed E-state index contributed by atoms with van der Waals surface area (Å²) in [6.07, 6.45) is 5.79. The number of carbonyl (C=O) groups is 3. The van der Waals surface area contributed by atoms with E-state index in [-0.39, 0.29) is 30.4 Å². The molecule has 1 atom stereocenters. The average molecular weight is 641 g/mol. The summed E-state index contributed by atoms with van der Waals surface area (Å²) in [7, 11) is -3.39. The quantitative estimate of drug-likeness (QED) is 0.327. The number of likely N-dealkylation sites (tertiary alicyclic amines) is 1. The Balaban J connectivity index is 0.921. The second-order valence-electron chi connectivity index (χ2n) is 12.9. The molecule has 0 spiro atoms. The van der Waals surface area contributed by atoms with Crippen molar-refractivity contribution in [3.8, 4) is 11.8 Å². The summed E-state index contributed by atoms with van der Waals surface area (Å²) in [4.78, 5) is 41.0. The van der Waals surface area contributed by atoms with E-state index in [1.54, 1.807) is 25.6 Å². The van der Waals surface area contributed by atoms with Crippen molar-refractivity contribution < 1.29 is 27.5 Å². The van der Waals surface area contributed by atoms with Gasteiger partial charge in [-0.05, 0) is 68.6 Å². The monoisotopic (exact) mass is 640 g/mol. The highest BCUT2D eigenvalue weighted by molar-refractivity contribution is 7.86. The van der Waals surface area contributed by atoms with Crippen molar-refractivity contribution >= 4 is 27.9 Å². The Morgan fingerprint density at radius 1 is 0.911 bits per heavy atom. The molecular weight excluding hydrogens is 596 g/mol. The largest absolute Gasteiger partial charge is 0.365 e. The molecule has 0 aromatic heterocycles. The highest BCUT2D eigenvalue weighted by Crippen LogP contribution is 2.30. The highest BCUT2D eigenvalue weighted by Gasteiger charge is 2.40. The van der Waals surface area contributed by atoms with E-state index in [0.717, 1.165) is 69.3 Å². The molecule has 12 nitrogen and oxygen atoms in total. The van der Waals surface area contributed by atoms with E-state index < -0.39 is 22.2 Å². The lowest BCUT2D eigenvalue weighted by molar-refractivity contribution is -0.136. The normalized spacial score (nSPS) is 25.2. The molecule has 0 saturated carbocycles. The van der Waals surface area contributed by atoms with Crippen LogP contribution in [0.25, 0.3) is 0 Å². The zero-order chi connectivity index (χ0) is 31.6. The molecular formula is C32H44N6O6S. The smallest absolute Gasteiger partial charge is 0.281 e. The van der Waals surface area contributed by atoms with Gasteiger partial charge in [-0.1, -0.05) is 17.9 Å². The van der Waals surface area contributed by atoms with Crippen molar-refractivity contribution in [2.45, 2.75) is 76.1 Å². The van der Waals surface area contributed by atoms with Crippen molar-refractivity contribution in [3.05, 3.63) is 34.9 Å². The fourth-order valence-corrected chi connectivity index (χ4v) is 8.88. The van der Waals surface area contributed by atoms with Gasteiger partial charge < -0.3 is 20.3 Å². The van der Waals surface area contributed by atoms with Crippen LogP contribution in [0.3, 0.4) is 0 Å². The number of amides is 3. The van der Waals surface area contributed by atoms with Gasteiger partial charge in [0.15, 0.2) is 0 Å². The number of hydrogen-bond donors (Lipinski definition) is 2. The summed E-state index contributed by atoms with van der Waals surface area (Å²) in [6, 6.07) is 4.91. The molecule has 4 fully saturated rings. The second-order valence-corrected chi connectivity index (χ2v) is 14.9. The average Bonchev–Trinajstić information content (AvgIpc) is 3.37. The van der Waals surface area contributed by atoms with Gasteiger partial charge in [0.1, 0.15) is 12.6 Å². The van der Waals surface area contributed by atoms with Crippen LogP contribution in [0.4, 0.5) is 0 Å². The predicted molar refractivity (Wildman–Crippen MR) is 167 cm³/mol. The third kappa shape index (κ3) is 7.26. The zero-order valence-corrected chi connectivity index (χ0v) is 26.6. The van der Waals surface area contributed by atoms with Crippen LogP contribution in [0.1, 0.15) is 72.9 Å². The Morgan fingerprint density at radius 3 is 2.29 bits per heavy atom. The highest BCUT2D eigenvalue weighted by atomic mass is 32.2. The van der Waals surface area contributed by atoms with Crippen molar-refractivity contribution in [2.75, 3.05) is 52.4 Å². The molecule has 4 saturated heterocycles. The van der Waals surface area contributed by atoms with E-state index in [9.17, 15) is 22.8 Å². The van der Waals surface area contributed by atoms with Gasteiger partial charge in [-0.15, -0.1) is 0 Å². The number of rotatable bonds is 7. The standard InChI is InChI=1S/C32H44N6O6S/c33-25-10-18-37(19-11-25)45(42,43)36-16-8-23(9-17-36)21-35-14-12-26(13-15-35)44-20-2-4-24-3-1-5-27-28(24)22-38(32(27)41)29-6-7-30(39)34-31(29)40/h1,3,5,23,25-26,29H,6-22,33H2,(H,34,39,40). The Hall–Kier alpha value is -2.86. The molecule has 0 bridgehead atoms. The summed E-state index contributed by atoms with van der Waals surface area (Å²) in [5.41, 5.74) is 8.08. The molecule has 3 N–H and O–H groups in total. The molecule has 45 heavy (non-hydrogen) atoms. The summed E-state index contributed by atoms with van der Waals surface area (Å²) in [5.74, 6) is 5.86. The SMILES string of the molecule is NC1CCN(S(=O)(=O)N2CCC(CN3CCC(OCC#Cc4cccc5c4CN(C4CCC(=O)NC4=O)C5=O)CC3)CC2)CC1.